The Morgan fingerprint density at radius 2 is 2.00 bits per heavy atom. The molecule has 0 unspecified atom stereocenters. The van der Waals surface area contributed by atoms with Crippen LogP contribution in [0.2, 0.25) is 5.02 Å². The molecule has 116 valence electrons. The Balaban J connectivity index is 1.89. The number of phenols is 1. The molecular formula is C16H10Br2ClN3O. The molecule has 2 aromatic carbocycles. The van der Waals surface area contributed by atoms with Gasteiger partial charge < -0.3 is 5.11 Å². The van der Waals surface area contributed by atoms with E-state index in [9.17, 15) is 5.11 Å². The van der Waals surface area contributed by atoms with E-state index in [0.29, 0.717) is 15.1 Å². The largest absolute Gasteiger partial charge is 0.506 e. The monoisotopic (exact) mass is 453 g/mol. The van der Waals surface area contributed by atoms with Crippen molar-refractivity contribution in [2.75, 3.05) is 5.43 Å². The highest BCUT2D eigenvalue weighted by Crippen LogP contribution is 2.30. The number of hydrazone groups is 1. The van der Waals surface area contributed by atoms with Crippen LogP contribution >= 0.6 is 43.5 Å². The van der Waals surface area contributed by atoms with Crippen LogP contribution in [0.25, 0.3) is 10.9 Å². The van der Waals surface area contributed by atoms with Crippen molar-refractivity contribution in [1.29, 1.82) is 0 Å². The number of fused-ring (bicyclic) bond motifs is 1. The molecule has 0 amide bonds. The molecule has 0 aliphatic carbocycles. The molecule has 3 rings (SSSR count). The maximum absolute atomic E-state index is 10.0. The number of pyridine rings is 1. The Morgan fingerprint density at radius 1 is 1.17 bits per heavy atom. The average Bonchev–Trinajstić information content (AvgIpc) is 2.51. The zero-order chi connectivity index (χ0) is 16.4. The molecule has 0 saturated carbocycles. The lowest BCUT2D eigenvalue weighted by atomic mass is 10.2. The lowest BCUT2D eigenvalue weighted by Crippen LogP contribution is -1.93. The summed E-state index contributed by atoms with van der Waals surface area (Å²) in [5.74, 6) is 0.130. The number of benzene rings is 2. The molecule has 7 heteroatoms. The minimum atomic E-state index is 0.130. The molecule has 0 spiro atoms. The highest BCUT2D eigenvalue weighted by atomic mass is 79.9. The van der Waals surface area contributed by atoms with Crippen molar-refractivity contribution in [3.05, 3.63) is 62.1 Å². The fourth-order valence-corrected chi connectivity index (χ4v) is 3.50. The van der Waals surface area contributed by atoms with E-state index in [4.69, 9.17) is 11.6 Å². The lowest BCUT2D eigenvalue weighted by molar-refractivity contribution is 0.471. The normalized spacial score (nSPS) is 11.3. The van der Waals surface area contributed by atoms with Gasteiger partial charge in [-0.05, 0) is 52.3 Å². The molecule has 0 fully saturated rings. The van der Waals surface area contributed by atoms with E-state index in [1.165, 1.54) is 0 Å². The van der Waals surface area contributed by atoms with E-state index in [1.54, 1.807) is 36.7 Å². The third kappa shape index (κ3) is 3.65. The number of nitrogens with one attached hydrogen (secondary N) is 1. The Morgan fingerprint density at radius 3 is 2.83 bits per heavy atom. The number of phenolic OH excluding ortho intramolecular Hbond substituents is 1. The van der Waals surface area contributed by atoms with Gasteiger partial charge in [-0.25, -0.2) is 0 Å². The maximum Gasteiger partial charge on any atom is 0.138 e. The molecule has 1 aromatic heterocycles. The first-order chi connectivity index (χ1) is 11.0. The molecule has 23 heavy (non-hydrogen) atoms. The van der Waals surface area contributed by atoms with Crippen molar-refractivity contribution in [3.8, 4) is 5.75 Å². The molecule has 0 aliphatic heterocycles. The van der Waals surface area contributed by atoms with Gasteiger partial charge in [-0.15, -0.1) is 0 Å². The second kappa shape index (κ2) is 6.86. The van der Waals surface area contributed by atoms with Crippen molar-refractivity contribution in [3.63, 3.8) is 0 Å². The molecule has 0 aliphatic rings. The highest BCUT2D eigenvalue weighted by molar-refractivity contribution is 9.11. The summed E-state index contributed by atoms with van der Waals surface area (Å²) in [6.07, 6.45) is 3.23. The van der Waals surface area contributed by atoms with Gasteiger partial charge >= 0.3 is 0 Å². The van der Waals surface area contributed by atoms with Crippen molar-refractivity contribution in [2.24, 2.45) is 5.10 Å². The smallest absolute Gasteiger partial charge is 0.138 e. The van der Waals surface area contributed by atoms with Crippen molar-refractivity contribution < 1.29 is 5.11 Å². The molecule has 2 N–H and O–H groups in total. The average molecular weight is 456 g/mol. The predicted molar refractivity (Wildman–Crippen MR) is 101 cm³/mol. The van der Waals surface area contributed by atoms with Gasteiger partial charge in [-0.2, -0.15) is 5.10 Å². The predicted octanol–water partition coefficient (Wildman–Crippen LogP) is 5.56. The van der Waals surface area contributed by atoms with Crippen LogP contribution in [0, 0.1) is 0 Å². The molecule has 4 nitrogen and oxygen atoms in total. The van der Waals surface area contributed by atoms with Gasteiger partial charge in [0.25, 0.3) is 0 Å². The molecule has 0 atom stereocenters. The fourth-order valence-electron chi connectivity index (χ4n) is 2.07. The van der Waals surface area contributed by atoms with E-state index in [-0.39, 0.29) is 5.75 Å². The van der Waals surface area contributed by atoms with E-state index in [2.05, 4.69) is 47.4 Å². The Labute approximate surface area is 154 Å². The standard InChI is InChI=1S/C16H10Br2ClN3O/c17-10-5-9(16(23)13(18)6-10)8-21-22-14-3-4-20-15-7-11(19)1-2-12(14)15/h1-8,23H,(H,20,22)/b21-8+. The van der Waals surface area contributed by atoms with E-state index < -0.39 is 0 Å². The van der Waals surface area contributed by atoms with Crippen LogP contribution < -0.4 is 5.43 Å². The second-order valence-corrected chi connectivity index (χ2v) is 6.92. The Bertz CT molecular complexity index is 915. The van der Waals surface area contributed by atoms with Crippen molar-refractivity contribution in [2.45, 2.75) is 0 Å². The quantitative estimate of drug-likeness (QED) is 0.401. The van der Waals surface area contributed by atoms with Gasteiger partial charge in [0.05, 0.1) is 21.9 Å². The minimum Gasteiger partial charge on any atom is -0.506 e. The SMILES string of the molecule is Oc1c(Br)cc(Br)cc1/C=N/Nc1ccnc2cc(Cl)ccc12. The zero-order valence-electron chi connectivity index (χ0n) is 11.6. The van der Waals surface area contributed by atoms with E-state index in [1.807, 2.05) is 12.1 Å². The van der Waals surface area contributed by atoms with Gasteiger partial charge in [0, 0.05) is 26.6 Å². The molecule has 3 aromatic rings. The van der Waals surface area contributed by atoms with Gasteiger partial charge in [-0.3, -0.25) is 10.4 Å². The lowest BCUT2D eigenvalue weighted by Gasteiger charge is -2.06. The molecule has 1 heterocycles. The van der Waals surface area contributed by atoms with Crippen LogP contribution in [0.15, 0.2) is 56.6 Å². The van der Waals surface area contributed by atoms with Gasteiger partial charge in [0.15, 0.2) is 0 Å². The molecule has 0 radical (unpaired) electrons. The summed E-state index contributed by atoms with van der Waals surface area (Å²) >= 11 is 12.6. The number of nitrogens with zero attached hydrogens (tertiary/aromatic N) is 2. The minimum absolute atomic E-state index is 0.130. The molecular weight excluding hydrogens is 445 g/mol. The molecule has 0 saturated heterocycles. The number of aromatic nitrogens is 1. The van der Waals surface area contributed by atoms with Crippen LogP contribution in [0.5, 0.6) is 5.75 Å². The third-order valence-electron chi connectivity index (χ3n) is 3.15. The van der Waals surface area contributed by atoms with E-state index in [0.717, 1.165) is 21.1 Å². The van der Waals surface area contributed by atoms with E-state index >= 15 is 0 Å². The van der Waals surface area contributed by atoms with Crippen molar-refractivity contribution in [1.82, 2.24) is 4.98 Å². The second-order valence-electron chi connectivity index (χ2n) is 4.72. The summed E-state index contributed by atoms with van der Waals surface area (Å²) < 4.78 is 1.44. The van der Waals surface area contributed by atoms with Crippen LogP contribution in [0.4, 0.5) is 5.69 Å². The first kappa shape index (κ1) is 16.2. The van der Waals surface area contributed by atoms with Crippen LogP contribution in [-0.2, 0) is 0 Å². The Hall–Kier alpha value is -1.63. The first-order valence-corrected chi connectivity index (χ1v) is 8.52. The fraction of sp³-hybridized carbons (Fsp3) is 0. The number of hydrogen-bond donors (Lipinski definition) is 2. The summed E-state index contributed by atoms with van der Waals surface area (Å²) in [7, 11) is 0. The molecule has 0 bridgehead atoms. The summed E-state index contributed by atoms with van der Waals surface area (Å²) in [5.41, 5.74) is 5.14. The summed E-state index contributed by atoms with van der Waals surface area (Å²) in [6.45, 7) is 0. The third-order valence-corrected chi connectivity index (χ3v) is 4.45. The summed E-state index contributed by atoms with van der Waals surface area (Å²) in [6, 6.07) is 10.8. The first-order valence-electron chi connectivity index (χ1n) is 6.56. The number of hydrogen-bond acceptors (Lipinski definition) is 4. The Kier molecular flexibility index (Phi) is 4.84. The number of anilines is 1. The highest BCUT2D eigenvalue weighted by Gasteiger charge is 2.06. The van der Waals surface area contributed by atoms with Crippen molar-refractivity contribution >= 4 is 66.3 Å². The number of aromatic hydroxyl groups is 1. The van der Waals surface area contributed by atoms with Crippen LogP contribution in [-0.4, -0.2) is 16.3 Å². The summed E-state index contributed by atoms with van der Waals surface area (Å²) in [5, 5.41) is 15.7. The summed E-state index contributed by atoms with van der Waals surface area (Å²) in [4.78, 5) is 4.28. The topological polar surface area (TPSA) is 57.5 Å². The van der Waals surface area contributed by atoms with Crippen LogP contribution in [0.1, 0.15) is 5.56 Å². The van der Waals surface area contributed by atoms with Gasteiger partial charge in [0.1, 0.15) is 5.75 Å². The van der Waals surface area contributed by atoms with Gasteiger partial charge in [-0.1, -0.05) is 27.5 Å². The van der Waals surface area contributed by atoms with Gasteiger partial charge in [0.2, 0.25) is 0 Å². The number of rotatable bonds is 3. The zero-order valence-corrected chi connectivity index (χ0v) is 15.5. The number of halogens is 3. The maximum atomic E-state index is 10.0. The van der Waals surface area contributed by atoms with Crippen LogP contribution in [0.3, 0.4) is 0 Å².